The standard InChI is InChI=1S/C27H36N2.C8H18OSi2.2CH3.B.Pd/c1-18(2)22-11-9-12-23(19(3)4)26(22)28-15-16-29(17-28)27-24(20(5)6)13-10-14-25(27)21(7)8;1-7-10(3,4)9-11(5,6)8-2;;;;/h9-16,18-21H,1-8H3;7-8H,1-2H2,3-6H3;2*1H3;;/q;;2*-1;;. The van der Waals surface area contributed by atoms with Gasteiger partial charge < -0.3 is 19.0 Å². The number of imidazole rings is 1. The van der Waals surface area contributed by atoms with Crippen molar-refractivity contribution in [1.82, 2.24) is 9.13 Å². The third-order valence-corrected chi connectivity index (χ3v) is 14.3. The SMILES string of the molecule is C=C[Si](C)(C)O[Si](C)(C)C=C.CC(C)c1cccc(C(C)C)c1-n1ccn(-c2c(C(C)C)cccc2C(C)C)[c]1=[Pd].[B].[CH3-].[CH3-]. The first-order chi connectivity index (χ1) is 19.0. The van der Waals surface area contributed by atoms with Crippen LogP contribution in [0.1, 0.15) is 101 Å². The van der Waals surface area contributed by atoms with Crippen LogP contribution in [0, 0.1) is 18.7 Å². The minimum absolute atomic E-state index is 0. The summed E-state index contributed by atoms with van der Waals surface area (Å²) in [6.45, 7) is 34.4. The van der Waals surface area contributed by atoms with E-state index in [1.165, 1.54) is 33.6 Å². The van der Waals surface area contributed by atoms with Gasteiger partial charge >= 0.3 is 193 Å². The summed E-state index contributed by atoms with van der Waals surface area (Å²) >= 11 is 3.64. The summed E-state index contributed by atoms with van der Waals surface area (Å²) in [5.74, 6) is 1.83. The summed E-state index contributed by atoms with van der Waals surface area (Å²) in [6.07, 6.45) is 4.43. The van der Waals surface area contributed by atoms with Crippen LogP contribution in [-0.4, -0.2) is 34.2 Å². The molecule has 0 saturated heterocycles. The molecule has 0 spiro atoms. The van der Waals surface area contributed by atoms with E-state index in [9.17, 15) is 0 Å². The van der Waals surface area contributed by atoms with Crippen LogP contribution in [0.3, 0.4) is 0 Å². The van der Waals surface area contributed by atoms with Crippen molar-refractivity contribution >= 4 is 25.0 Å². The molecule has 0 aliphatic carbocycles. The molecule has 0 unspecified atom stereocenters. The molecule has 7 heteroatoms. The first-order valence-corrected chi connectivity index (χ1v) is 21.7. The zero-order valence-corrected chi connectivity index (χ0v) is 33.7. The van der Waals surface area contributed by atoms with Crippen molar-refractivity contribution in [3.05, 3.63) is 114 Å². The fourth-order valence-electron chi connectivity index (χ4n) is 5.02. The first-order valence-electron chi connectivity index (χ1n) is 15.0. The molecule has 0 aliphatic rings. The number of para-hydroxylation sites is 2. The number of aromatic nitrogens is 2. The third kappa shape index (κ3) is 11.0. The number of benzene rings is 2. The Bertz CT molecular complexity index is 1250. The molecule has 3 aromatic rings. The first kappa shape index (κ1) is 44.4. The van der Waals surface area contributed by atoms with Crippen LogP contribution in [0.5, 0.6) is 0 Å². The molecule has 0 amide bonds. The maximum Gasteiger partial charge on any atom is 0 e. The molecule has 3 radical (unpaired) electrons. The molecule has 2 aromatic carbocycles. The van der Waals surface area contributed by atoms with E-state index in [4.69, 9.17) is 4.12 Å². The summed E-state index contributed by atoms with van der Waals surface area (Å²) in [5, 5.41) is 0. The smallest absolute Gasteiger partial charge is 0 e. The maximum atomic E-state index is 5.97. The minimum Gasteiger partial charge on any atom is -0.358 e. The van der Waals surface area contributed by atoms with Gasteiger partial charge in [-0.05, 0) is 26.2 Å². The monoisotopic (exact) mass is 721 g/mol. The Labute approximate surface area is 286 Å². The van der Waals surface area contributed by atoms with E-state index < -0.39 is 16.6 Å². The predicted octanol–water partition coefficient (Wildman–Crippen LogP) is 11.2. The van der Waals surface area contributed by atoms with Gasteiger partial charge in [-0.25, -0.2) is 0 Å². The second-order valence-electron chi connectivity index (χ2n) is 13.2. The molecule has 1 aromatic heterocycles. The third-order valence-electron chi connectivity index (χ3n) is 7.41. The molecule has 0 N–H and O–H groups in total. The van der Waals surface area contributed by atoms with Gasteiger partial charge in [0.2, 0.25) is 0 Å². The molecule has 3 nitrogen and oxygen atoms in total. The van der Waals surface area contributed by atoms with E-state index in [2.05, 4.69) is 171 Å². The molecule has 0 saturated carbocycles. The number of rotatable bonds is 10. The molecule has 1 heterocycles. The van der Waals surface area contributed by atoms with Gasteiger partial charge in [-0.3, -0.25) is 0 Å². The Morgan fingerprint density at radius 1 is 0.614 bits per heavy atom. The van der Waals surface area contributed by atoms with Gasteiger partial charge in [-0.1, -0.05) is 11.4 Å². The zero-order valence-electron chi connectivity index (χ0n) is 30.2. The van der Waals surface area contributed by atoms with E-state index in [1.54, 1.807) is 0 Å². The van der Waals surface area contributed by atoms with E-state index in [0.717, 1.165) is 3.89 Å². The van der Waals surface area contributed by atoms with Crippen molar-refractivity contribution in [2.45, 2.75) is 105 Å². The van der Waals surface area contributed by atoms with Crippen molar-refractivity contribution in [3.63, 3.8) is 0 Å². The normalized spacial score (nSPS) is 11.4. The topological polar surface area (TPSA) is 19.1 Å². The summed E-state index contributed by atoms with van der Waals surface area (Å²) in [6, 6.07) is 13.5. The Hall–Kier alpha value is -1.75. The van der Waals surface area contributed by atoms with Gasteiger partial charge in [0.25, 0.3) is 0 Å². The van der Waals surface area contributed by atoms with Crippen molar-refractivity contribution in [2.75, 3.05) is 0 Å². The van der Waals surface area contributed by atoms with Gasteiger partial charge in [0.15, 0.2) is 16.6 Å². The second kappa shape index (κ2) is 18.4. The van der Waals surface area contributed by atoms with Crippen LogP contribution in [0.2, 0.25) is 26.2 Å². The van der Waals surface area contributed by atoms with Crippen LogP contribution in [0.4, 0.5) is 0 Å². The van der Waals surface area contributed by atoms with Crippen LogP contribution >= 0.6 is 0 Å². The van der Waals surface area contributed by atoms with Gasteiger partial charge in [-0.15, -0.1) is 13.2 Å². The van der Waals surface area contributed by atoms with E-state index in [0.29, 0.717) is 23.7 Å². The van der Waals surface area contributed by atoms with Gasteiger partial charge in [0.1, 0.15) is 0 Å². The molecule has 247 valence electrons. The van der Waals surface area contributed by atoms with Crippen LogP contribution in [0.25, 0.3) is 11.4 Å². The quantitative estimate of drug-likeness (QED) is 0.151. The Morgan fingerprint density at radius 3 is 1.07 bits per heavy atom. The van der Waals surface area contributed by atoms with Crippen LogP contribution in [-0.2, 0) is 22.9 Å². The van der Waals surface area contributed by atoms with E-state index in [1.807, 2.05) is 11.4 Å². The maximum absolute atomic E-state index is 5.97. The molecule has 3 rings (SSSR count). The molecular formula is C37H60BN2OPdSi2-2. The van der Waals surface area contributed by atoms with Gasteiger partial charge in [0.05, 0.1) is 0 Å². The summed E-state index contributed by atoms with van der Waals surface area (Å²) in [4.78, 5) is 0. The molecule has 0 aliphatic heterocycles. The zero-order chi connectivity index (χ0) is 31.3. The van der Waals surface area contributed by atoms with Gasteiger partial charge in [-0.2, -0.15) is 0 Å². The second-order valence-corrected chi connectivity index (χ2v) is 21.9. The van der Waals surface area contributed by atoms with Crippen molar-refractivity contribution in [1.29, 1.82) is 0 Å². The fraction of sp³-hybridized carbons (Fsp3) is 0.432. The average Bonchev–Trinajstić information content (AvgIpc) is 3.27. The van der Waals surface area contributed by atoms with Crippen molar-refractivity contribution in [2.24, 2.45) is 0 Å². The average molecular weight is 722 g/mol. The molecular weight excluding hydrogens is 662 g/mol. The number of hydrogen-bond acceptors (Lipinski definition) is 1. The molecule has 44 heavy (non-hydrogen) atoms. The van der Waals surface area contributed by atoms with Gasteiger partial charge in [0, 0.05) is 8.41 Å². The van der Waals surface area contributed by atoms with E-state index in [-0.39, 0.29) is 23.3 Å². The Kier molecular flexibility index (Phi) is 18.6. The summed E-state index contributed by atoms with van der Waals surface area (Å²) < 4.78 is 11.7. The Balaban J connectivity index is 0. The Morgan fingerprint density at radius 2 is 0.864 bits per heavy atom. The van der Waals surface area contributed by atoms with Crippen LogP contribution in [0.15, 0.2) is 73.3 Å². The summed E-state index contributed by atoms with van der Waals surface area (Å²) in [5.41, 5.74) is 12.1. The molecule has 0 atom stereocenters. The number of hydrogen-bond donors (Lipinski definition) is 0. The fourth-order valence-corrected chi connectivity index (χ4v) is 11.7. The molecule has 0 fully saturated rings. The van der Waals surface area contributed by atoms with E-state index >= 15 is 0 Å². The molecule has 0 bridgehead atoms. The van der Waals surface area contributed by atoms with Crippen molar-refractivity contribution < 1.29 is 22.9 Å². The minimum atomic E-state index is -1.58. The summed E-state index contributed by atoms with van der Waals surface area (Å²) in [7, 11) is -3.16. The largest absolute Gasteiger partial charge is 0.358 e. The van der Waals surface area contributed by atoms with Crippen LogP contribution < -0.4 is 0 Å². The van der Waals surface area contributed by atoms with Crippen molar-refractivity contribution in [3.8, 4) is 11.4 Å². The number of nitrogens with zero attached hydrogens (tertiary/aromatic N) is 2. The predicted molar refractivity (Wildman–Crippen MR) is 200 cm³/mol.